The van der Waals surface area contributed by atoms with Crippen molar-refractivity contribution >= 4 is 11.8 Å². The Morgan fingerprint density at radius 2 is 1.62 bits per heavy atom. The molecule has 0 radical (unpaired) electrons. The minimum atomic E-state index is -4.96. The van der Waals surface area contributed by atoms with Crippen molar-refractivity contribution in [2.24, 2.45) is 0 Å². The van der Waals surface area contributed by atoms with Crippen LogP contribution in [0, 0.1) is 5.82 Å². The van der Waals surface area contributed by atoms with Gasteiger partial charge in [-0.1, -0.05) is 12.1 Å². The van der Waals surface area contributed by atoms with E-state index in [1.165, 1.54) is 19.2 Å². The quantitative estimate of drug-likeness (QED) is 0.428. The Bertz CT molecular complexity index is 1110. The summed E-state index contributed by atoms with van der Waals surface area (Å²) < 4.78 is 60.2. The number of amides is 2. The molecule has 2 aromatic carbocycles. The number of hydrogen-bond donors (Lipinski definition) is 2. The van der Waals surface area contributed by atoms with Crippen LogP contribution in [-0.4, -0.2) is 41.8 Å². The van der Waals surface area contributed by atoms with Crippen molar-refractivity contribution in [2.75, 3.05) is 20.2 Å². The number of para-hydroxylation sites is 1. The molecule has 2 N–H and O–H groups in total. The maximum absolute atomic E-state index is 14.0. The highest BCUT2D eigenvalue weighted by Gasteiger charge is 2.40. The maximum atomic E-state index is 14.0. The van der Waals surface area contributed by atoms with Gasteiger partial charge in [-0.3, -0.25) is 9.59 Å². The summed E-state index contributed by atoms with van der Waals surface area (Å²) in [5, 5.41) is 8.40. The Morgan fingerprint density at radius 1 is 1.00 bits per heavy atom. The van der Waals surface area contributed by atoms with Gasteiger partial charge in [-0.25, -0.2) is 9.07 Å². The molecule has 0 atom stereocenters. The highest BCUT2D eigenvalue weighted by Crippen LogP contribution is 2.34. The van der Waals surface area contributed by atoms with E-state index in [9.17, 15) is 27.2 Å². The lowest BCUT2D eigenvalue weighted by molar-refractivity contribution is -0.143. The fraction of sp³-hybridized carbons (Fsp3) is 0.190. The molecular weight excluding hydrogens is 432 g/mol. The fourth-order valence-electron chi connectivity index (χ4n) is 2.89. The van der Waals surface area contributed by atoms with E-state index in [4.69, 9.17) is 4.74 Å². The number of aromatic nitrogens is 2. The SMILES string of the molecule is COc1ccc(C(=O)NCCNC(=O)c2cnn(-c3ccccc3F)c2C(F)(F)F)cc1. The second kappa shape index (κ2) is 9.50. The van der Waals surface area contributed by atoms with Crippen molar-refractivity contribution in [2.45, 2.75) is 6.18 Å². The molecule has 11 heteroatoms. The Labute approximate surface area is 180 Å². The zero-order chi connectivity index (χ0) is 23.3. The smallest absolute Gasteiger partial charge is 0.434 e. The van der Waals surface area contributed by atoms with Crippen LogP contribution in [0.1, 0.15) is 26.4 Å². The van der Waals surface area contributed by atoms with Gasteiger partial charge in [-0.15, -0.1) is 0 Å². The molecule has 0 saturated heterocycles. The van der Waals surface area contributed by atoms with Crippen molar-refractivity contribution in [3.8, 4) is 11.4 Å². The van der Waals surface area contributed by atoms with Crippen LogP contribution in [-0.2, 0) is 6.18 Å². The molecular formula is C21H18F4N4O3. The Balaban J connectivity index is 1.66. The van der Waals surface area contributed by atoms with E-state index in [1.54, 1.807) is 24.3 Å². The van der Waals surface area contributed by atoms with Crippen LogP contribution in [0.4, 0.5) is 17.6 Å². The van der Waals surface area contributed by atoms with Crippen LogP contribution in [0.15, 0.2) is 54.7 Å². The van der Waals surface area contributed by atoms with Crippen LogP contribution < -0.4 is 15.4 Å². The van der Waals surface area contributed by atoms with Crippen molar-refractivity contribution in [1.82, 2.24) is 20.4 Å². The third kappa shape index (κ3) is 5.05. The lowest BCUT2D eigenvalue weighted by Gasteiger charge is -2.13. The zero-order valence-corrected chi connectivity index (χ0v) is 16.7. The molecule has 3 rings (SSSR count). The summed E-state index contributed by atoms with van der Waals surface area (Å²) in [4.78, 5) is 24.4. The number of hydrogen-bond acceptors (Lipinski definition) is 4. The van der Waals surface area contributed by atoms with E-state index in [2.05, 4.69) is 15.7 Å². The number of methoxy groups -OCH3 is 1. The highest BCUT2D eigenvalue weighted by molar-refractivity contribution is 5.96. The molecule has 3 aromatic rings. The predicted octanol–water partition coefficient (Wildman–Crippen LogP) is 3.20. The number of alkyl halides is 3. The van der Waals surface area contributed by atoms with Crippen LogP contribution >= 0.6 is 0 Å². The Kier molecular flexibility index (Phi) is 6.76. The first kappa shape index (κ1) is 22.8. The second-order valence-electron chi connectivity index (χ2n) is 6.51. The summed E-state index contributed by atoms with van der Waals surface area (Å²) in [6.45, 7) is -0.164. The average molecular weight is 450 g/mol. The molecule has 0 aliphatic carbocycles. The Hall–Kier alpha value is -3.89. The lowest BCUT2D eigenvalue weighted by atomic mass is 10.2. The number of carbonyl (C=O) groups excluding carboxylic acids is 2. The van der Waals surface area contributed by atoms with Crippen molar-refractivity contribution in [3.05, 3.63) is 77.4 Å². The molecule has 7 nitrogen and oxygen atoms in total. The van der Waals surface area contributed by atoms with E-state index in [0.717, 1.165) is 18.3 Å². The number of nitrogens with one attached hydrogen (secondary N) is 2. The number of benzene rings is 2. The van der Waals surface area contributed by atoms with Crippen LogP contribution in [0.5, 0.6) is 5.75 Å². The van der Waals surface area contributed by atoms with E-state index >= 15 is 0 Å². The molecule has 0 aliphatic heterocycles. The van der Waals surface area contributed by atoms with Gasteiger partial charge in [0.2, 0.25) is 0 Å². The van der Waals surface area contributed by atoms with Crippen LogP contribution in [0.25, 0.3) is 5.69 Å². The summed E-state index contributed by atoms with van der Waals surface area (Å²) in [7, 11) is 1.49. The first-order valence-electron chi connectivity index (χ1n) is 9.33. The number of rotatable bonds is 7. The number of ether oxygens (including phenoxy) is 1. The standard InChI is InChI=1S/C21H18F4N4O3/c1-32-14-8-6-13(7-9-14)19(30)26-10-11-27-20(31)15-12-28-29(18(15)21(23,24)25)17-5-3-2-4-16(17)22/h2-9,12H,10-11H2,1H3,(H,26,30)(H,27,31). The summed E-state index contributed by atoms with van der Waals surface area (Å²) in [5.74, 6) is -1.83. The first-order chi connectivity index (χ1) is 15.2. The number of halogens is 4. The minimum absolute atomic E-state index is 0.0284. The third-order valence-corrected chi connectivity index (χ3v) is 4.41. The summed E-state index contributed by atoms with van der Waals surface area (Å²) >= 11 is 0. The molecule has 0 spiro atoms. The van der Waals surface area contributed by atoms with E-state index in [0.29, 0.717) is 16.0 Å². The molecule has 32 heavy (non-hydrogen) atoms. The van der Waals surface area contributed by atoms with Crippen LogP contribution in [0.2, 0.25) is 0 Å². The minimum Gasteiger partial charge on any atom is -0.497 e. The van der Waals surface area contributed by atoms with Gasteiger partial charge in [0.15, 0.2) is 5.69 Å². The van der Waals surface area contributed by atoms with Gasteiger partial charge >= 0.3 is 6.18 Å². The molecule has 0 unspecified atom stereocenters. The molecule has 1 heterocycles. The van der Waals surface area contributed by atoms with Gasteiger partial charge in [-0.05, 0) is 36.4 Å². The van der Waals surface area contributed by atoms with Crippen molar-refractivity contribution < 1.29 is 31.9 Å². The van der Waals surface area contributed by atoms with E-state index in [1.807, 2.05) is 0 Å². The Morgan fingerprint density at radius 3 is 2.22 bits per heavy atom. The molecule has 0 aliphatic rings. The van der Waals surface area contributed by atoms with E-state index in [-0.39, 0.29) is 13.1 Å². The predicted molar refractivity (Wildman–Crippen MR) is 106 cm³/mol. The molecule has 2 amide bonds. The van der Waals surface area contributed by atoms with Crippen molar-refractivity contribution in [1.29, 1.82) is 0 Å². The zero-order valence-electron chi connectivity index (χ0n) is 16.7. The largest absolute Gasteiger partial charge is 0.497 e. The van der Waals surface area contributed by atoms with Gasteiger partial charge in [0, 0.05) is 18.7 Å². The average Bonchev–Trinajstić information content (AvgIpc) is 3.22. The van der Waals surface area contributed by atoms with E-state index < -0.39 is 40.8 Å². The normalized spacial score (nSPS) is 11.2. The summed E-state index contributed by atoms with van der Waals surface area (Å²) in [5.41, 5.74) is -2.25. The van der Waals surface area contributed by atoms with Gasteiger partial charge < -0.3 is 15.4 Å². The van der Waals surface area contributed by atoms with Gasteiger partial charge in [0.05, 0.1) is 18.9 Å². The van der Waals surface area contributed by atoms with Gasteiger partial charge in [-0.2, -0.15) is 18.3 Å². The number of nitrogens with zero attached hydrogens (tertiary/aromatic N) is 2. The first-order valence-corrected chi connectivity index (χ1v) is 9.33. The van der Waals surface area contributed by atoms with Crippen molar-refractivity contribution in [3.63, 3.8) is 0 Å². The lowest BCUT2D eigenvalue weighted by Crippen LogP contribution is -2.35. The maximum Gasteiger partial charge on any atom is 0.434 e. The summed E-state index contributed by atoms with van der Waals surface area (Å²) in [6.07, 6.45) is -4.24. The van der Waals surface area contributed by atoms with Gasteiger partial charge in [0.1, 0.15) is 17.3 Å². The van der Waals surface area contributed by atoms with Crippen LogP contribution in [0.3, 0.4) is 0 Å². The molecule has 0 bridgehead atoms. The monoisotopic (exact) mass is 450 g/mol. The van der Waals surface area contributed by atoms with Gasteiger partial charge in [0.25, 0.3) is 11.8 Å². The molecule has 168 valence electrons. The molecule has 1 aromatic heterocycles. The highest BCUT2D eigenvalue weighted by atomic mass is 19.4. The fourth-order valence-corrected chi connectivity index (χ4v) is 2.89. The topological polar surface area (TPSA) is 85.2 Å². The molecule has 0 fully saturated rings. The second-order valence-corrected chi connectivity index (χ2v) is 6.51. The molecule has 0 saturated carbocycles. The summed E-state index contributed by atoms with van der Waals surface area (Å²) in [6, 6.07) is 11.1. The number of carbonyl (C=O) groups is 2. The third-order valence-electron chi connectivity index (χ3n) is 4.41.